The van der Waals surface area contributed by atoms with E-state index in [0.29, 0.717) is 36.1 Å². The average molecular weight is 383 g/mol. The Balaban J connectivity index is 1.58. The molecule has 1 N–H and O–H groups in total. The highest BCUT2D eigenvalue weighted by atomic mass is 16.5. The summed E-state index contributed by atoms with van der Waals surface area (Å²) in [5.74, 6) is 2.51. The van der Waals surface area contributed by atoms with Crippen molar-refractivity contribution in [1.29, 1.82) is 0 Å². The molecule has 6 heteroatoms. The number of fused-ring (bicyclic) bond motifs is 1. The number of para-hydroxylation sites is 1. The van der Waals surface area contributed by atoms with Crippen LogP contribution in [0, 0.1) is 0 Å². The lowest BCUT2D eigenvalue weighted by atomic mass is 10.2. The molecular weight excluding hydrogens is 358 g/mol. The molecule has 0 aliphatic heterocycles. The van der Waals surface area contributed by atoms with Gasteiger partial charge in [-0.3, -0.25) is 4.79 Å². The Kier molecular flexibility index (Phi) is 6.42. The van der Waals surface area contributed by atoms with Gasteiger partial charge in [0.05, 0.1) is 19.3 Å². The summed E-state index contributed by atoms with van der Waals surface area (Å²) >= 11 is 0. The Hall–Kier alpha value is -3.15. The predicted octanol–water partition coefficient (Wildman–Crippen LogP) is 4.49. The second kappa shape index (κ2) is 9.17. The maximum Gasteiger partial charge on any atom is 0.258 e. The minimum atomic E-state index is -0.293. The fourth-order valence-electron chi connectivity index (χ4n) is 2.84. The summed E-state index contributed by atoms with van der Waals surface area (Å²) in [4.78, 5) is 12.2. The first-order valence-electron chi connectivity index (χ1n) is 9.41. The van der Waals surface area contributed by atoms with E-state index >= 15 is 0 Å². The Bertz CT molecular complexity index is 916. The topological polar surface area (TPSA) is 69.9 Å². The van der Waals surface area contributed by atoms with E-state index in [0.717, 1.165) is 11.1 Å². The lowest BCUT2D eigenvalue weighted by Crippen LogP contribution is -2.31. The molecule has 0 saturated carbocycles. The quantitative estimate of drug-likeness (QED) is 0.590. The molecule has 0 spiro atoms. The molecule has 1 atom stereocenters. The van der Waals surface area contributed by atoms with Crippen LogP contribution in [0.3, 0.4) is 0 Å². The van der Waals surface area contributed by atoms with E-state index in [4.69, 9.17) is 18.6 Å². The molecule has 0 bridgehead atoms. The fraction of sp³-hybridized carbons (Fsp3) is 0.318. The van der Waals surface area contributed by atoms with Crippen molar-refractivity contribution in [3.63, 3.8) is 0 Å². The Morgan fingerprint density at radius 3 is 2.36 bits per heavy atom. The van der Waals surface area contributed by atoms with E-state index in [2.05, 4.69) is 5.32 Å². The van der Waals surface area contributed by atoms with Gasteiger partial charge < -0.3 is 23.9 Å². The van der Waals surface area contributed by atoms with E-state index in [1.165, 1.54) is 0 Å². The zero-order valence-corrected chi connectivity index (χ0v) is 16.4. The zero-order valence-electron chi connectivity index (χ0n) is 16.4. The third kappa shape index (κ3) is 4.76. The number of rotatable bonds is 9. The first-order chi connectivity index (χ1) is 13.6. The van der Waals surface area contributed by atoms with E-state index in [1.807, 2.05) is 57.2 Å². The van der Waals surface area contributed by atoms with Crippen molar-refractivity contribution in [3.8, 4) is 17.2 Å². The third-order valence-electron chi connectivity index (χ3n) is 4.14. The van der Waals surface area contributed by atoms with E-state index in [-0.39, 0.29) is 18.6 Å². The second-order valence-electron chi connectivity index (χ2n) is 6.24. The average Bonchev–Trinajstić information content (AvgIpc) is 3.13. The van der Waals surface area contributed by atoms with Gasteiger partial charge in [0.25, 0.3) is 5.91 Å². The summed E-state index contributed by atoms with van der Waals surface area (Å²) < 4.78 is 22.4. The molecule has 0 saturated heterocycles. The number of nitrogens with one attached hydrogen (secondary N) is 1. The number of furan rings is 1. The van der Waals surface area contributed by atoms with Gasteiger partial charge in [0.1, 0.15) is 17.3 Å². The normalized spacial score (nSPS) is 11.8. The highest BCUT2D eigenvalue weighted by Crippen LogP contribution is 2.31. The summed E-state index contributed by atoms with van der Waals surface area (Å²) in [5.41, 5.74) is 0.686. The van der Waals surface area contributed by atoms with Gasteiger partial charge in [-0.15, -0.1) is 0 Å². The van der Waals surface area contributed by atoms with Crippen molar-refractivity contribution in [1.82, 2.24) is 5.32 Å². The molecule has 0 aliphatic rings. The maximum atomic E-state index is 12.2. The van der Waals surface area contributed by atoms with Gasteiger partial charge in [-0.05, 0) is 57.2 Å². The maximum absolute atomic E-state index is 12.2. The van der Waals surface area contributed by atoms with Crippen molar-refractivity contribution in [2.45, 2.75) is 26.8 Å². The summed E-state index contributed by atoms with van der Waals surface area (Å²) in [5, 5.41) is 3.83. The van der Waals surface area contributed by atoms with Crippen molar-refractivity contribution in [3.05, 3.63) is 54.3 Å². The molecule has 1 amide bonds. The van der Waals surface area contributed by atoms with Crippen LogP contribution in [0.5, 0.6) is 17.2 Å². The molecule has 3 aromatic rings. The number of carbonyl (C=O) groups excluding carboxylic acids is 1. The summed E-state index contributed by atoms with van der Waals surface area (Å²) in [6, 6.07) is 14.5. The number of hydrogen-bond donors (Lipinski definition) is 1. The van der Waals surface area contributed by atoms with Crippen molar-refractivity contribution in [2.75, 3.05) is 19.8 Å². The molecule has 1 aromatic heterocycles. The minimum Gasteiger partial charge on any atom is -0.494 e. The first kappa shape index (κ1) is 19.6. The van der Waals surface area contributed by atoms with E-state index in [1.54, 1.807) is 12.1 Å². The molecule has 0 radical (unpaired) electrons. The lowest BCUT2D eigenvalue weighted by molar-refractivity contribution is -0.123. The van der Waals surface area contributed by atoms with Crippen LogP contribution in [0.4, 0.5) is 0 Å². The van der Waals surface area contributed by atoms with Crippen LogP contribution in [0.1, 0.15) is 32.6 Å². The molecule has 28 heavy (non-hydrogen) atoms. The smallest absolute Gasteiger partial charge is 0.258 e. The standard InChI is InChI=1S/C22H25NO5/c1-4-25-17-9-11-18(12-10-17)27-14-21(24)23-15(3)20-13-16-7-6-8-19(26-5-2)22(16)28-20/h6-13,15H,4-5,14H2,1-3H3,(H,23,24). The number of amides is 1. The van der Waals surface area contributed by atoms with Gasteiger partial charge in [0, 0.05) is 5.39 Å². The van der Waals surface area contributed by atoms with Gasteiger partial charge in [-0.1, -0.05) is 12.1 Å². The second-order valence-corrected chi connectivity index (χ2v) is 6.24. The Morgan fingerprint density at radius 2 is 1.68 bits per heavy atom. The van der Waals surface area contributed by atoms with Crippen LogP contribution >= 0.6 is 0 Å². The predicted molar refractivity (Wildman–Crippen MR) is 107 cm³/mol. The van der Waals surface area contributed by atoms with Gasteiger partial charge in [-0.2, -0.15) is 0 Å². The molecule has 0 fully saturated rings. The molecule has 0 aliphatic carbocycles. The van der Waals surface area contributed by atoms with Gasteiger partial charge in [-0.25, -0.2) is 0 Å². The fourth-order valence-corrected chi connectivity index (χ4v) is 2.84. The molecule has 6 nitrogen and oxygen atoms in total. The Labute approximate surface area is 164 Å². The number of hydrogen-bond acceptors (Lipinski definition) is 5. The highest BCUT2D eigenvalue weighted by molar-refractivity contribution is 5.84. The minimum absolute atomic E-state index is 0.0806. The summed E-state index contributed by atoms with van der Waals surface area (Å²) in [6.45, 7) is 6.81. The molecule has 1 unspecified atom stereocenters. The monoisotopic (exact) mass is 383 g/mol. The van der Waals surface area contributed by atoms with Crippen LogP contribution < -0.4 is 19.5 Å². The van der Waals surface area contributed by atoms with Crippen LogP contribution in [-0.4, -0.2) is 25.7 Å². The van der Waals surface area contributed by atoms with Gasteiger partial charge >= 0.3 is 0 Å². The summed E-state index contributed by atoms with van der Waals surface area (Å²) in [6.07, 6.45) is 0. The Morgan fingerprint density at radius 1 is 1.00 bits per heavy atom. The van der Waals surface area contributed by atoms with Crippen LogP contribution in [-0.2, 0) is 4.79 Å². The number of benzene rings is 2. The van der Waals surface area contributed by atoms with Crippen LogP contribution in [0.25, 0.3) is 11.0 Å². The molecule has 3 rings (SSSR count). The highest BCUT2D eigenvalue weighted by Gasteiger charge is 2.16. The van der Waals surface area contributed by atoms with Crippen molar-refractivity contribution in [2.24, 2.45) is 0 Å². The van der Waals surface area contributed by atoms with Crippen molar-refractivity contribution >= 4 is 16.9 Å². The zero-order chi connectivity index (χ0) is 19.9. The molecular formula is C22H25NO5. The first-order valence-corrected chi connectivity index (χ1v) is 9.41. The number of ether oxygens (including phenoxy) is 3. The van der Waals surface area contributed by atoms with Crippen LogP contribution in [0.15, 0.2) is 52.9 Å². The van der Waals surface area contributed by atoms with Gasteiger partial charge in [0.2, 0.25) is 0 Å². The summed E-state index contributed by atoms with van der Waals surface area (Å²) in [7, 11) is 0. The van der Waals surface area contributed by atoms with Gasteiger partial charge in [0.15, 0.2) is 17.9 Å². The largest absolute Gasteiger partial charge is 0.494 e. The third-order valence-corrected chi connectivity index (χ3v) is 4.14. The molecule has 1 heterocycles. The van der Waals surface area contributed by atoms with E-state index < -0.39 is 0 Å². The van der Waals surface area contributed by atoms with Crippen LogP contribution in [0.2, 0.25) is 0 Å². The van der Waals surface area contributed by atoms with E-state index in [9.17, 15) is 4.79 Å². The SMILES string of the molecule is CCOc1ccc(OCC(=O)NC(C)c2cc3cccc(OCC)c3o2)cc1. The lowest BCUT2D eigenvalue weighted by Gasteiger charge is -2.12. The van der Waals surface area contributed by atoms with Crippen molar-refractivity contribution < 1.29 is 23.4 Å². The molecule has 2 aromatic carbocycles. The molecule has 148 valence electrons. The number of carbonyl (C=O) groups is 1.